The minimum Gasteiger partial charge on any atom is -0.324 e. The van der Waals surface area contributed by atoms with Gasteiger partial charge >= 0.3 is 5.69 Å². The maximum absolute atomic E-state index is 12.5. The van der Waals surface area contributed by atoms with Crippen molar-refractivity contribution in [3.63, 3.8) is 0 Å². The summed E-state index contributed by atoms with van der Waals surface area (Å²) in [6.45, 7) is 7.87. The number of rotatable bonds is 5. The summed E-state index contributed by atoms with van der Waals surface area (Å²) < 4.78 is 2.36. The van der Waals surface area contributed by atoms with Crippen LogP contribution in [0.15, 0.2) is 40.2 Å². The van der Waals surface area contributed by atoms with Crippen LogP contribution in [0, 0.1) is 13.8 Å². The SMILES string of the molecule is Cc1ccc(NC(=O)Cn2nc3ccc(SC(C)C)nn3c2=O)c(C)c1. The number of amides is 1. The first-order chi connectivity index (χ1) is 12.3. The molecule has 2 heterocycles. The van der Waals surface area contributed by atoms with Gasteiger partial charge in [0.1, 0.15) is 11.6 Å². The topological polar surface area (TPSA) is 81.3 Å². The second kappa shape index (κ2) is 7.33. The van der Waals surface area contributed by atoms with Crippen molar-refractivity contribution in [1.29, 1.82) is 0 Å². The van der Waals surface area contributed by atoms with Crippen LogP contribution < -0.4 is 11.0 Å². The molecule has 0 fully saturated rings. The molecular formula is C18H21N5O2S. The first kappa shape index (κ1) is 18.2. The molecule has 0 aliphatic carbocycles. The maximum atomic E-state index is 12.5. The molecule has 26 heavy (non-hydrogen) atoms. The van der Waals surface area contributed by atoms with Crippen LogP contribution in [-0.2, 0) is 11.3 Å². The molecule has 3 aromatic rings. The third-order valence-electron chi connectivity index (χ3n) is 3.72. The van der Waals surface area contributed by atoms with Crippen molar-refractivity contribution >= 4 is 29.0 Å². The van der Waals surface area contributed by atoms with Crippen LogP contribution in [0.3, 0.4) is 0 Å². The summed E-state index contributed by atoms with van der Waals surface area (Å²) >= 11 is 1.56. The molecule has 3 rings (SSSR count). The molecule has 0 unspecified atom stereocenters. The lowest BCUT2D eigenvalue weighted by atomic mass is 10.1. The lowest BCUT2D eigenvalue weighted by Crippen LogP contribution is -2.29. The highest BCUT2D eigenvalue weighted by Crippen LogP contribution is 2.20. The van der Waals surface area contributed by atoms with E-state index in [2.05, 4.69) is 29.4 Å². The first-order valence-electron chi connectivity index (χ1n) is 8.34. The Bertz CT molecular complexity index is 1020. The van der Waals surface area contributed by atoms with Gasteiger partial charge in [0, 0.05) is 10.9 Å². The number of benzene rings is 1. The van der Waals surface area contributed by atoms with Gasteiger partial charge in [-0.25, -0.2) is 9.48 Å². The molecule has 0 aliphatic heterocycles. The predicted molar refractivity (Wildman–Crippen MR) is 103 cm³/mol. The number of fused-ring (bicyclic) bond motifs is 1. The lowest BCUT2D eigenvalue weighted by Gasteiger charge is -2.08. The van der Waals surface area contributed by atoms with Crippen LogP contribution in [0.2, 0.25) is 0 Å². The van der Waals surface area contributed by atoms with Gasteiger partial charge in [-0.3, -0.25) is 4.79 Å². The van der Waals surface area contributed by atoms with Gasteiger partial charge in [0.25, 0.3) is 0 Å². The summed E-state index contributed by atoms with van der Waals surface area (Å²) in [6, 6.07) is 9.33. The number of aromatic nitrogens is 4. The number of hydrogen-bond acceptors (Lipinski definition) is 5. The zero-order chi connectivity index (χ0) is 18.8. The molecule has 0 atom stereocenters. The molecule has 8 heteroatoms. The monoisotopic (exact) mass is 371 g/mol. The molecule has 1 aromatic carbocycles. The smallest absolute Gasteiger partial charge is 0.324 e. The normalized spacial score (nSPS) is 11.3. The number of anilines is 1. The van der Waals surface area contributed by atoms with Crippen LogP contribution in [-0.4, -0.2) is 30.6 Å². The van der Waals surface area contributed by atoms with E-state index < -0.39 is 5.69 Å². The number of carbonyl (C=O) groups excluding carboxylic acids is 1. The second-order valence-electron chi connectivity index (χ2n) is 6.41. The average molecular weight is 371 g/mol. The minimum absolute atomic E-state index is 0.165. The Morgan fingerprint density at radius 1 is 1.19 bits per heavy atom. The Balaban J connectivity index is 1.80. The van der Waals surface area contributed by atoms with Crippen molar-refractivity contribution < 1.29 is 4.79 Å². The maximum Gasteiger partial charge on any atom is 0.367 e. The number of hydrogen-bond donors (Lipinski definition) is 1. The summed E-state index contributed by atoms with van der Waals surface area (Å²) in [5.74, 6) is -0.306. The average Bonchev–Trinajstić information content (AvgIpc) is 2.86. The van der Waals surface area contributed by atoms with Crippen LogP contribution in [0.25, 0.3) is 5.65 Å². The third-order valence-corrected chi connectivity index (χ3v) is 4.65. The Hall–Kier alpha value is -2.61. The van der Waals surface area contributed by atoms with E-state index in [0.717, 1.165) is 26.5 Å². The minimum atomic E-state index is -0.429. The van der Waals surface area contributed by atoms with Crippen molar-refractivity contribution in [1.82, 2.24) is 19.4 Å². The Morgan fingerprint density at radius 2 is 1.96 bits per heavy atom. The van der Waals surface area contributed by atoms with E-state index in [1.165, 1.54) is 4.52 Å². The highest BCUT2D eigenvalue weighted by molar-refractivity contribution is 7.99. The van der Waals surface area contributed by atoms with Gasteiger partial charge in [0.2, 0.25) is 5.91 Å². The zero-order valence-corrected chi connectivity index (χ0v) is 16.0. The van der Waals surface area contributed by atoms with E-state index in [1.807, 2.05) is 38.1 Å². The quantitative estimate of drug-likeness (QED) is 0.697. The van der Waals surface area contributed by atoms with Gasteiger partial charge in [0.05, 0.1) is 0 Å². The molecular weight excluding hydrogens is 350 g/mol. The fourth-order valence-electron chi connectivity index (χ4n) is 2.58. The summed E-state index contributed by atoms with van der Waals surface area (Å²) in [7, 11) is 0. The van der Waals surface area contributed by atoms with E-state index in [1.54, 1.807) is 17.8 Å². The van der Waals surface area contributed by atoms with Gasteiger partial charge in [-0.1, -0.05) is 31.5 Å². The highest BCUT2D eigenvalue weighted by atomic mass is 32.2. The van der Waals surface area contributed by atoms with Crippen LogP contribution in [0.1, 0.15) is 25.0 Å². The number of aryl methyl sites for hydroxylation is 2. The van der Waals surface area contributed by atoms with Crippen molar-refractivity contribution in [2.45, 2.75) is 44.5 Å². The molecule has 1 N–H and O–H groups in total. The van der Waals surface area contributed by atoms with Gasteiger partial charge in [-0.05, 0) is 37.6 Å². The third kappa shape index (κ3) is 3.96. The van der Waals surface area contributed by atoms with Gasteiger partial charge in [0.15, 0.2) is 5.65 Å². The summed E-state index contributed by atoms with van der Waals surface area (Å²) in [6.07, 6.45) is 0. The fraction of sp³-hybridized carbons (Fsp3) is 0.333. The number of nitrogens with one attached hydrogen (secondary N) is 1. The molecule has 1 amide bonds. The molecule has 0 aliphatic rings. The molecule has 0 saturated heterocycles. The van der Waals surface area contributed by atoms with E-state index >= 15 is 0 Å². The fourth-order valence-corrected chi connectivity index (χ4v) is 3.34. The van der Waals surface area contributed by atoms with Crippen LogP contribution >= 0.6 is 11.8 Å². The Morgan fingerprint density at radius 3 is 2.65 bits per heavy atom. The van der Waals surface area contributed by atoms with Crippen molar-refractivity contribution in [3.05, 3.63) is 51.9 Å². The van der Waals surface area contributed by atoms with Crippen molar-refractivity contribution in [2.75, 3.05) is 5.32 Å². The lowest BCUT2D eigenvalue weighted by molar-refractivity contribution is -0.117. The first-order valence-corrected chi connectivity index (χ1v) is 9.22. The van der Waals surface area contributed by atoms with E-state index in [-0.39, 0.29) is 12.5 Å². The van der Waals surface area contributed by atoms with E-state index in [9.17, 15) is 9.59 Å². The Labute approximate surface area is 155 Å². The van der Waals surface area contributed by atoms with Crippen LogP contribution in [0.4, 0.5) is 5.69 Å². The zero-order valence-electron chi connectivity index (χ0n) is 15.2. The molecule has 0 radical (unpaired) electrons. The number of nitrogens with zero attached hydrogens (tertiary/aromatic N) is 4. The number of thioether (sulfide) groups is 1. The van der Waals surface area contributed by atoms with Gasteiger partial charge in [-0.2, -0.15) is 9.61 Å². The summed E-state index contributed by atoms with van der Waals surface area (Å²) in [5.41, 5.74) is 2.81. The molecule has 0 bridgehead atoms. The van der Waals surface area contributed by atoms with Gasteiger partial charge < -0.3 is 5.32 Å². The molecule has 0 saturated carbocycles. The summed E-state index contributed by atoms with van der Waals surface area (Å²) in [4.78, 5) is 24.8. The van der Waals surface area contributed by atoms with E-state index in [4.69, 9.17) is 0 Å². The highest BCUT2D eigenvalue weighted by Gasteiger charge is 2.13. The largest absolute Gasteiger partial charge is 0.367 e. The Kier molecular flexibility index (Phi) is 5.13. The summed E-state index contributed by atoms with van der Waals surface area (Å²) in [5, 5.41) is 12.4. The molecule has 2 aromatic heterocycles. The van der Waals surface area contributed by atoms with Crippen molar-refractivity contribution in [2.24, 2.45) is 0 Å². The molecule has 7 nitrogen and oxygen atoms in total. The van der Waals surface area contributed by atoms with Gasteiger partial charge in [-0.15, -0.1) is 16.9 Å². The standard InChI is InChI=1S/C18H21N5O2S/c1-11(2)26-17-8-7-15-20-22(18(25)23(15)21-17)10-16(24)19-14-6-5-12(3)9-13(14)4/h5-9,11H,10H2,1-4H3,(H,19,24). The second-order valence-corrected chi connectivity index (χ2v) is 8.01. The van der Waals surface area contributed by atoms with E-state index in [0.29, 0.717) is 10.9 Å². The molecule has 136 valence electrons. The molecule has 0 spiro atoms. The van der Waals surface area contributed by atoms with Crippen molar-refractivity contribution in [3.8, 4) is 0 Å². The number of carbonyl (C=O) groups is 1. The predicted octanol–water partition coefficient (Wildman–Crippen LogP) is 2.65. The van der Waals surface area contributed by atoms with Crippen LogP contribution in [0.5, 0.6) is 0 Å².